The molecule has 1 amide bonds. The molecule has 9 heteroatoms. The van der Waals surface area contributed by atoms with Crippen LogP contribution in [0.4, 0.5) is 8.78 Å². The highest BCUT2D eigenvalue weighted by Gasteiger charge is 2.26. The molecule has 0 radical (unpaired) electrons. The average Bonchev–Trinajstić information content (AvgIpc) is 2.96. The normalized spacial score (nSPS) is 12.0. The van der Waals surface area contributed by atoms with E-state index in [-0.39, 0.29) is 4.88 Å². The molecule has 26 heavy (non-hydrogen) atoms. The Morgan fingerprint density at radius 2 is 1.96 bits per heavy atom. The highest BCUT2D eigenvalue weighted by Crippen LogP contribution is 2.29. The van der Waals surface area contributed by atoms with Gasteiger partial charge in [0.1, 0.15) is 21.7 Å². The first-order valence-electron chi connectivity index (χ1n) is 7.84. The molecular weight excluding hydrogens is 366 g/mol. The summed E-state index contributed by atoms with van der Waals surface area (Å²) in [4.78, 5) is 27.8. The fraction of sp³-hybridized carbons (Fsp3) is 0.353. The van der Waals surface area contributed by atoms with Crippen LogP contribution in [0.5, 0.6) is 5.75 Å². The maximum atomic E-state index is 12.5. The Bertz CT molecular complexity index is 778. The topological polar surface area (TPSA) is 88.5 Å². The Kier molecular flexibility index (Phi) is 6.62. The van der Waals surface area contributed by atoms with Gasteiger partial charge < -0.3 is 15.2 Å². The van der Waals surface area contributed by atoms with Crippen LogP contribution in [0.1, 0.15) is 28.7 Å². The van der Waals surface area contributed by atoms with Crippen LogP contribution in [0.25, 0.3) is 10.6 Å². The summed E-state index contributed by atoms with van der Waals surface area (Å²) >= 11 is 1.07. The molecule has 0 aliphatic rings. The molecule has 1 atom stereocenters. The van der Waals surface area contributed by atoms with Crippen molar-refractivity contribution in [2.24, 2.45) is 0 Å². The van der Waals surface area contributed by atoms with Gasteiger partial charge in [0.05, 0.1) is 12.3 Å². The zero-order valence-corrected chi connectivity index (χ0v) is 15.0. The highest BCUT2D eigenvalue weighted by atomic mass is 32.1. The first-order chi connectivity index (χ1) is 12.3. The fourth-order valence-electron chi connectivity index (χ4n) is 2.21. The van der Waals surface area contributed by atoms with Crippen molar-refractivity contribution in [3.63, 3.8) is 0 Å². The van der Waals surface area contributed by atoms with E-state index in [0.29, 0.717) is 23.1 Å². The quantitative estimate of drug-likeness (QED) is 0.729. The SMILES string of the molecule is CCOc1ccc(-c2nc(C)c(C(=O)NC(CC(F)F)C(=O)O)s2)cc1. The molecule has 0 saturated heterocycles. The molecule has 6 nitrogen and oxygen atoms in total. The average molecular weight is 384 g/mol. The zero-order chi connectivity index (χ0) is 19.3. The minimum atomic E-state index is -2.83. The van der Waals surface area contributed by atoms with Crippen molar-refractivity contribution >= 4 is 23.2 Å². The zero-order valence-electron chi connectivity index (χ0n) is 14.2. The number of nitrogens with zero attached hydrogens (tertiary/aromatic N) is 1. The molecular formula is C17H18F2N2O4S. The van der Waals surface area contributed by atoms with E-state index in [1.165, 1.54) is 0 Å². The van der Waals surface area contributed by atoms with Crippen LogP contribution >= 0.6 is 11.3 Å². The smallest absolute Gasteiger partial charge is 0.326 e. The number of nitrogens with one attached hydrogen (secondary N) is 1. The number of benzene rings is 1. The monoisotopic (exact) mass is 384 g/mol. The number of aromatic nitrogens is 1. The molecule has 0 fully saturated rings. The summed E-state index contributed by atoms with van der Waals surface area (Å²) in [5.74, 6) is -1.53. The van der Waals surface area contributed by atoms with E-state index >= 15 is 0 Å². The lowest BCUT2D eigenvalue weighted by atomic mass is 10.2. The second kappa shape index (κ2) is 8.70. The molecule has 140 valence electrons. The van der Waals surface area contributed by atoms with Crippen molar-refractivity contribution in [3.8, 4) is 16.3 Å². The number of aliphatic carboxylic acids is 1. The lowest BCUT2D eigenvalue weighted by Gasteiger charge is -2.13. The molecule has 1 heterocycles. The van der Waals surface area contributed by atoms with Gasteiger partial charge in [-0.15, -0.1) is 11.3 Å². The summed E-state index contributed by atoms with van der Waals surface area (Å²) in [5, 5.41) is 11.7. The van der Waals surface area contributed by atoms with E-state index in [4.69, 9.17) is 9.84 Å². The van der Waals surface area contributed by atoms with Gasteiger partial charge in [-0.1, -0.05) is 0 Å². The Hall–Kier alpha value is -2.55. The minimum Gasteiger partial charge on any atom is -0.494 e. The summed E-state index contributed by atoms with van der Waals surface area (Å²) in [6, 6.07) is 5.48. The molecule has 1 aromatic heterocycles. The molecule has 0 spiro atoms. The number of amides is 1. The van der Waals surface area contributed by atoms with Crippen molar-refractivity contribution in [1.82, 2.24) is 10.3 Å². The number of rotatable bonds is 8. The maximum absolute atomic E-state index is 12.5. The number of hydrogen-bond donors (Lipinski definition) is 2. The van der Waals surface area contributed by atoms with E-state index in [1.54, 1.807) is 31.2 Å². The van der Waals surface area contributed by atoms with E-state index in [2.05, 4.69) is 10.3 Å². The molecule has 1 unspecified atom stereocenters. The van der Waals surface area contributed by atoms with Crippen LogP contribution in [0.2, 0.25) is 0 Å². The number of carbonyl (C=O) groups excluding carboxylic acids is 1. The Morgan fingerprint density at radius 3 is 2.50 bits per heavy atom. The second-order valence-electron chi connectivity index (χ2n) is 5.38. The van der Waals surface area contributed by atoms with Gasteiger partial charge >= 0.3 is 5.97 Å². The third kappa shape index (κ3) is 4.98. The first kappa shape index (κ1) is 19.8. The molecule has 2 rings (SSSR count). The molecule has 2 N–H and O–H groups in total. The number of carboxylic acid groups (broad SMARTS) is 1. The van der Waals surface area contributed by atoms with Crippen molar-refractivity contribution < 1.29 is 28.2 Å². The number of ether oxygens (including phenoxy) is 1. The summed E-state index contributed by atoms with van der Waals surface area (Å²) in [6.45, 7) is 4.02. The summed E-state index contributed by atoms with van der Waals surface area (Å²) in [5.41, 5.74) is 1.17. The number of carbonyl (C=O) groups is 2. The van der Waals surface area contributed by atoms with Crippen molar-refractivity contribution in [3.05, 3.63) is 34.8 Å². The Morgan fingerprint density at radius 1 is 1.31 bits per heavy atom. The van der Waals surface area contributed by atoms with E-state index in [1.807, 2.05) is 6.92 Å². The molecule has 0 saturated carbocycles. The predicted octanol–water partition coefficient (Wildman–Crippen LogP) is 3.36. The molecule has 0 aliphatic heterocycles. The van der Waals surface area contributed by atoms with E-state index in [9.17, 15) is 18.4 Å². The van der Waals surface area contributed by atoms with Gasteiger partial charge in [0.25, 0.3) is 5.91 Å². The number of halogens is 2. The van der Waals surface area contributed by atoms with Crippen LogP contribution in [-0.4, -0.2) is 41.0 Å². The molecule has 1 aromatic carbocycles. The lowest BCUT2D eigenvalue weighted by molar-refractivity contribution is -0.140. The standard InChI is InChI=1S/C17H18F2N2O4S/c1-3-25-11-6-4-10(5-7-11)16-20-9(2)14(26-16)15(22)21-12(17(23)24)8-13(18)19/h4-7,12-13H,3,8H2,1-2H3,(H,21,22)(H,23,24). The van der Waals surface area contributed by atoms with Gasteiger partial charge in [0.2, 0.25) is 6.43 Å². The highest BCUT2D eigenvalue weighted by molar-refractivity contribution is 7.17. The largest absolute Gasteiger partial charge is 0.494 e. The Labute approximate surface area is 152 Å². The van der Waals surface area contributed by atoms with Crippen molar-refractivity contribution in [2.75, 3.05) is 6.61 Å². The Balaban J connectivity index is 2.18. The lowest BCUT2D eigenvalue weighted by Crippen LogP contribution is -2.41. The van der Waals surface area contributed by atoms with Gasteiger partial charge in [-0.2, -0.15) is 0 Å². The third-order valence-corrected chi connectivity index (χ3v) is 4.64. The number of thiazole rings is 1. The van der Waals surface area contributed by atoms with Crippen LogP contribution in [-0.2, 0) is 4.79 Å². The fourth-order valence-corrected chi connectivity index (χ4v) is 3.19. The van der Waals surface area contributed by atoms with E-state index < -0.39 is 30.8 Å². The van der Waals surface area contributed by atoms with Crippen LogP contribution < -0.4 is 10.1 Å². The second-order valence-corrected chi connectivity index (χ2v) is 6.38. The summed E-state index contributed by atoms with van der Waals surface area (Å²) < 4.78 is 30.3. The number of carboxylic acids is 1. The minimum absolute atomic E-state index is 0.189. The molecule has 0 aliphatic carbocycles. The summed E-state index contributed by atoms with van der Waals surface area (Å²) in [7, 11) is 0. The van der Waals surface area contributed by atoms with Gasteiger partial charge in [-0.05, 0) is 38.1 Å². The van der Waals surface area contributed by atoms with Gasteiger partial charge in [-0.25, -0.2) is 18.6 Å². The van der Waals surface area contributed by atoms with Crippen LogP contribution in [0.15, 0.2) is 24.3 Å². The van der Waals surface area contributed by atoms with Gasteiger partial charge in [-0.3, -0.25) is 4.79 Å². The van der Waals surface area contributed by atoms with Crippen molar-refractivity contribution in [1.29, 1.82) is 0 Å². The van der Waals surface area contributed by atoms with Crippen LogP contribution in [0.3, 0.4) is 0 Å². The number of aryl methyl sites for hydroxylation is 1. The van der Waals surface area contributed by atoms with Crippen LogP contribution in [0, 0.1) is 6.92 Å². The predicted molar refractivity (Wildman–Crippen MR) is 93.0 cm³/mol. The van der Waals surface area contributed by atoms with E-state index in [0.717, 1.165) is 16.9 Å². The van der Waals surface area contributed by atoms with Gasteiger partial charge in [0.15, 0.2) is 0 Å². The summed E-state index contributed by atoms with van der Waals surface area (Å²) in [6.07, 6.45) is -3.79. The maximum Gasteiger partial charge on any atom is 0.326 e. The molecule has 0 bridgehead atoms. The molecule has 2 aromatic rings. The number of hydrogen-bond acceptors (Lipinski definition) is 5. The third-order valence-electron chi connectivity index (χ3n) is 3.43. The number of alkyl halides is 2. The van der Waals surface area contributed by atoms with Gasteiger partial charge in [0, 0.05) is 12.0 Å². The van der Waals surface area contributed by atoms with Crippen molar-refractivity contribution in [2.45, 2.75) is 32.7 Å². The first-order valence-corrected chi connectivity index (χ1v) is 8.66.